The Bertz CT molecular complexity index is 4220. The molecule has 12 aromatic carbocycles. The summed E-state index contributed by atoms with van der Waals surface area (Å²) in [4.78, 5) is 10.5. The Balaban J connectivity index is 0.953. The molecule has 1 aliphatic rings. The van der Waals surface area contributed by atoms with Crippen LogP contribution in [0.4, 0.5) is 0 Å². The minimum atomic E-state index is -0.512. The van der Waals surface area contributed by atoms with Gasteiger partial charge in [-0.15, -0.1) is 0 Å². The predicted molar refractivity (Wildman–Crippen MR) is 312 cm³/mol. The second kappa shape index (κ2) is 18.4. The predicted octanol–water partition coefficient (Wildman–Crippen LogP) is 18.8. The molecule has 14 rings (SSSR count). The van der Waals surface area contributed by atoms with Gasteiger partial charge < -0.3 is 0 Å². The van der Waals surface area contributed by atoms with E-state index >= 15 is 0 Å². The van der Waals surface area contributed by atoms with E-state index in [0.717, 1.165) is 61.1 Å². The van der Waals surface area contributed by atoms with Crippen molar-refractivity contribution in [2.45, 2.75) is 5.41 Å². The van der Waals surface area contributed by atoms with Gasteiger partial charge >= 0.3 is 0 Å². The van der Waals surface area contributed by atoms with Crippen molar-refractivity contribution >= 4 is 21.5 Å². The van der Waals surface area contributed by atoms with Crippen LogP contribution < -0.4 is 0 Å². The SMILES string of the molecule is c1ccc(-c2ccc(-c3cc(-c4ccc(-c5cc(-c6ccc7c(c6)C(c6ccccc6)(c6ccccc6)c6ccccc6-7)cc(-c6ccc7ccccc7c6)c5)c5ccccc45)nc(-c4ccccc4)n3)cc2)cc1. The Morgan fingerprint density at radius 1 is 0.227 bits per heavy atom. The normalized spacial score (nSPS) is 12.4. The molecule has 350 valence electrons. The molecule has 0 radical (unpaired) electrons. The zero-order chi connectivity index (χ0) is 49.7. The van der Waals surface area contributed by atoms with Crippen LogP contribution in [0.15, 0.2) is 291 Å². The number of rotatable bonds is 9. The average molecular weight is 953 g/mol. The molecule has 0 N–H and O–H groups in total. The fourth-order valence-electron chi connectivity index (χ4n) is 11.8. The Hall–Kier alpha value is -9.76. The van der Waals surface area contributed by atoms with Gasteiger partial charge in [0.15, 0.2) is 5.82 Å². The van der Waals surface area contributed by atoms with Crippen LogP contribution in [0.5, 0.6) is 0 Å². The van der Waals surface area contributed by atoms with E-state index in [1.807, 2.05) is 6.07 Å². The molecule has 0 saturated heterocycles. The molecular formula is C73H48N2. The van der Waals surface area contributed by atoms with E-state index in [2.05, 4.69) is 285 Å². The second-order valence-electron chi connectivity index (χ2n) is 19.6. The summed E-state index contributed by atoms with van der Waals surface area (Å²) in [6.45, 7) is 0. The maximum absolute atomic E-state index is 5.34. The van der Waals surface area contributed by atoms with E-state index in [0.29, 0.717) is 5.82 Å². The van der Waals surface area contributed by atoms with Gasteiger partial charge in [0, 0.05) is 16.7 Å². The lowest BCUT2D eigenvalue weighted by Crippen LogP contribution is -2.28. The maximum Gasteiger partial charge on any atom is 0.160 e. The molecule has 2 nitrogen and oxygen atoms in total. The van der Waals surface area contributed by atoms with Crippen molar-refractivity contribution < 1.29 is 0 Å². The first-order valence-corrected chi connectivity index (χ1v) is 25.8. The Labute approximate surface area is 437 Å². The van der Waals surface area contributed by atoms with E-state index in [9.17, 15) is 0 Å². The summed E-state index contributed by atoms with van der Waals surface area (Å²) in [5.74, 6) is 0.692. The van der Waals surface area contributed by atoms with Crippen molar-refractivity contribution in [1.29, 1.82) is 0 Å². The molecule has 0 saturated carbocycles. The van der Waals surface area contributed by atoms with Crippen molar-refractivity contribution in [3.05, 3.63) is 313 Å². The number of nitrogens with zero attached hydrogens (tertiary/aromatic N) is 2. The minimum Gasteiger partial charge on any atom is -0.228 e. The van der Waals surface area contributed by atoms with Crippen molar-refractivity contribution in [2.75, 3.05) is 0 Å². The van der Waals surface area contributed by atoms with Crippen LogP contribution in [-0.4, -0.2) is 9.97 Å². The summed E-state index contributed by atoms with van der Waals surface area (Å²) in [5, 5.41) is 4.72. The molecule has 13 aromatic rings. The highest BCUT2D eigenvalue weighted by atomic mass is 14.9. The molecule has 0 bridgehead atoms. The molecule has 0 aliphatic heterocycles. The third-order valence-corrected chi connectivity index (χ3v) is 15.4. The van der Waals surface area contributed by atoms with Crippen LogP contribution in [0, 0.1) is 0 Å². The molecular weight excluding hydrogens is 905 g/mol. The quantitative estimate of drug-likeness (QED) is 0.144. The lowest BCUT2D eigenvalue weighted by atomic mass is 9.67. The standard InChI is InChI=1S/C73H48N2/c1-5-19-49(20-6-1)51-33-36-52(37-34-51)70-48-71(75-72(74-70)53-22-7-2-8-23-53)67-42-41-62(63-29-15-16-30-64(63)67)59-45-57(55-38-35-50-21-13-14-24-54(50)43-55)44-58(46-59)56-39-40-66-65-31-17-18-32-68(65)73(69(66)47-56,60-25-9-3-10-26-60)61-27-11-4-12-28-61/h1-48H. The summed E-state index contributed by atoms with van der Waals surface area (Å²) in [6, 6.07) is 106. The van der Waals surface area contributed by atoms with Crippen LogP contribution in [-0.2, 0) is 5.41 Å². The van der Waals surface area contributed by atoms with Gasteiger partial charge in [-0.05, 0) is 136 Å². The second-order valence-corrected chi connectivity index (χ2v) is 19.6. The lowest BCUT2D eigenvalue weighted by molar-refractivity contribution is 0.769. The maximum atomic E-state index is 5.34. The smallest absolute Gasteiger partial charge is 0.160 e. The molecule has 1 heterocycles. The van der Waals surface area contributed by atoms with Crippen LogP contribution in [0.1, 0.15) is 22.3 Å². The molecule has 75 heavy (non-hydrogen) atoms. The first-order chi connectivity index (χ1) is 37.2. The molecule has 2 heteroatoms. The zero-order valence-corrected chi connectivity index (χ0v) is 41.1. The summed E-state index contributed by atoms with van der Waals surface area (Å²) >= 11 is 0. The molecule has 0 fully saturated rings. The molecule has 1 aromatic heterocycles. The van der Waals surface area contributed by atoms with Gasteiger partial charge in [-0.2, -0.15) is 0 Å². The largest absolute Gasteiger partial charge is 0.228 e. The topological polar surface area (TPSA) is 25.8 Å². The molecule has 1 aliphatic carbocycles. The summed E-state index contributed by atoms with van der Waals surface area (Å²) in [5.41, 5.74) is 21.3. The fourth-order valence-corrected chi connectivity index (χ4v) is 11.8. The number of benzene rings is 12. The van der Waals surface area contributed by atoms with Crippen LogP contribution in [0.3, 0.4) is 0 Å². The van der Waals surface area contributed by atoms with E-state index in [1.54, 1.807) is 0 Å². The van der Waals surface area contributed by atoms with Crippen LogP contribution in [0.2, 0.25) is 0 Å². The van der Waals surface area contributed by atoms with Crippen molar-refractivity contribution in [3.8, 4) is 89.5 Å². The molecule has 0 unspecified atom stereocenters. The van der Waals surface area contributed by atoms with Gasteiger partial charge in [0.05, 0.1) is 16.8 Å². The third-order valence-electron chi connectivity index (χ3n) is 15.4. The van der Waals surface area contributed by atoms with Gasteiger partial charge in [0.2, 0.25) is 0 Å². The number of fused-ring (bicyclic) bond motifs is 5. The van der Waals surface area contributed by atoms with E-state index in [1.165, 1.54) is 66.4 Å². The van der Waals surface area contributed by atoms with Gasteiger partial charge in [0.1, 0.15) is 0 Å². The highest BCUT2D eigenvalue weighted by Crippen LogP contribution is 2.57. The summed E-state index contributed by atoms with van der Waals surface area (Å²) < 4.78 is 0. The summed E-state index contributed by atoms with van der Waals surface area (Å²) in [7, 11) is 0. The molecule has 0 atom stereocenters. The lowest BCUT2D eigenvalue weighted by Gasteiger charge is -2.34. The molecule has 0 amide bonds. The average Bonchev–Trinajstić information content (AvgIpc) is 3.86. The van der Waals surface area contributed by atoms with E-state index in [-0.39, 0.29) is 0 Å². The van der Waals surface area contributed by atoms with Gasteiger partial charge in [-0.25, -0.2) is 9.97 Å². The molecule has 0 spiro atoms. The first-order valence-electron chi connectivity index (χ1n) is 25.8. The minimum absolute atomic E-state index is 0.512. The van der Waals surface area contributed by atoms with E-state index < -0.39 is 5.41 Å². The van der Waals surface area contributed by atoms with Crippen LogP contribution in [0.25, 0.3) is 111 Å². The van der Waals surface area contributed by atoms with Gasteiger partial charge in [-0.1, -0.05) is 255 Å². The van der Waals surface area contributed by atoms with Crippen molar-refractivity contribution in [3.63, 3.8) is 0 Å². The Kier molecular flexibility index (Phi) is 10.8. The Morgan fingerprint density at radius 3 is 1.40 bits per heavy atom. The number of hydrogen-bond acceptors (Lipinski definition) is 2. The summed E-state index contributed by atoms with van der Waals surface area (Å²) in [6.07, 6.45) is 0. The number of hydrogen-bond donors (Lipinski definition) is 0. The number of aromatic nitrogens is 2. The highest BCUT2D eigenvalue weighted by molar-refractivity contribution is 6.06. The van der Waals surface area contributed by atoms with Crippen LogP contribution >= 0.6 is 0 Å². The Morgan fingerprint density at radius 2 is 0.693 bits per heavy atom. The van der Waals surface area contributed by atoms with Crippen molar-refractivity contribution in [2.24, 2.45) is 0 Å². The van der Waals surface area contributed by atoms with Crippen molar-refractivity contribution in [1.82, 2.24) is 9.97 Å². The van der Waals surface area contributed by atoms with E-state index in [4.69, 9.17) is 9.97 Å². The fraction of sp³-hybridized carbons (Fsp3) is 0.0137. The highest BCUT2D eigenvalue weighted by Gasteiger charge is 2.46. The monoisotopic (exact) mass is 952 g/mol. The van der Waals surface area contributed by atoms with Gasteiger partial charge in [0.25, 0.3) is 0 Å². The first kappa shape index (κ1) is 44.0. The third kappa shape index (κ3) is 7.66. The van der Waals surface area contributed by atoms with Gasteiger partial charge in [-0.3, -0.25) is 0 Å². The zero-order valence-electron chi connectivity index (χ0n) is 41.1.